The molecule has 2 aromatic rings. The molecule has 0 spiro atoms. The standard InChI is InChI=1S/C13H16F3N5S/c1-7-5-10(18-8-3-4-9(6-8)22-2)21-12(17-7)19-11(20-21)13(14,15)16/h5,8-9,18H,3-4,6H2,1-2H3. The van der Waals surface area contributed by atoms with Crippen LogP contribution in [0.25, 0.3) is 5.78 Å². The van der Waals surface area contributed by atoms with E-state index in [1.165, 1.54) is 0 Å². The van der Waals surface area contributed by atoms with Crippen LogP contribution < -0.4 is 5.32 Å². The van der Waals surface area contributed by atoms with E-state index < -0.39 is 12.0 Å². The molecule has 0 saturated heterocycles. The lowest BCUT2D eigenvalue weighted by Gasteiger charge is -2.15. The fraction of sp³-hybridized carbons (Fsp3) is 0.615. The van der Waals surface area contributed by atoms with Crippen LogP contribution in [0.1, 0.15) is 30.8 Å². The zero-order valence-corrected chi connectivity index (χ0v) is 13.0. The van der Waals surface area contributed by atoms with Gasteiger partial charge < -0.3 is 5.32 Å². The summed E-state index contributed by atoms with van der Waals surface area (Å²) in [4.78, 5) is 7.50. The molecule has 2 heterocycles. The minimum Gasteiger partial charge on any atom is -0.367 e. The van der Waals surface area contributed by atoms with Gasteiger partial charge in [-0.1, -0.05) is 0 Å². The fourth-order valence-electron chi connectivity index (χ4n) is 2.70. The third-order valence-corrected chi connectivity index (χ3v) is 4.86. The number of aryl methyl sites for hydroxylation is 1. The van der Waals surface area contributed by atoms with Gasteiger partial charge in [0.05, 0.1) is 0 Å². The highest BCUT2D eigenvalue weighted by Gasteiger charge is 2.37. The molecule has 2 aromatic heterocycles. The SMILES string of the molecule is CSC1CCC(Nc2cc(C)nc3nc(C(F)(F)F)nn23)C1. The molecule has 1 aliphatic carbocycles. The Morgan fingerprint density at radius 2 is 2.09 bits per heavy atom. The van der Waals surface area contributed by atoms with Crippen LogP contribution >= 0.6 is 11.8 Å². The van der Waals surface area contributed by atoms with E-state index in [0.717, 1.165) is 23.8 Å². The first-order valence-electron chi connectivity index (χ1n) is 6.98. The van der Waals surface area contributed by atoms with Crippen LogP contribution in [0, 0.1) is 6.92 Å². The van der Waals surface area contributed by atoms with E-state index in [0.29, 0.717) is 16.8 Å². The Kier molecular flexibility index (Phi) is 3.92. The minimum absolute atomic E-state index is 0.0331. The molecule has 1 fully saturated rings. The Hall–Kier alpha value is -1.51. The Bertz CT molecular complexity index is 684. The lowest BCUT2D eigenvalue weighted by atomic mass is 10.2. The molecule has 1 aliphatic rings. The van der Waals surface area contributed by atoms with Gasteiger partial charge in [0.2, 0.25) is 0 Å². The maximum atomic E-state index is 12.8. The third kappa shape index (κ3) is 2.99. The number of hydrogen-bond donors (Lipinski definition) is 1. The summed E-state index contributed by atoms with van der Waals surface area (Å²) in [5, 5.41) is 7.45. The quantitative estimate of drug-likeness (QED) is 0.936. The van der Waals surface area contributed by atoms with Gasteiger partial charge in [0.1, 0.15) is 5.82 Å². The first-order chi connectivity index (χ1) is 10.4. The van der Waals surface area contributed by atoms with Crippen molar-refractivity contribution in [2.75, 3.05) is 11.6 Å². The number of thioether (sulfide) groups is 1. The van der Waals surface area contributed by atoms with Crippen molar-refractivity contribution in [3.8, 4) is 0 Å². The van der Waals surface area contributed by atoms with Gasteiger partial charge >= 0.3 is 6.18 Å². The molecule has 0 aromatic carbocycles. The summed E-state index contributed by atoms with van der Waals surface area (Å²) in [7, 11) is 0. The average Bonchev–Trinajstić information content (AvgIpc) is 3.04. The van der Waals surface area contributed by atoms with Crippen LogP contribution in [0.5, 0.6) is 0 Å². The zero-order valence-electron chi connectivity index (χ0n) is 12.2. The van der Waals surface area contributed by atoms with E-state index in [-0.39, 0.29) is 11.8 Å². The van der Waals surface area contributed by atoms with Crippen LogP contribution in [0.4, 0.5) is 19.0 Å². The number of rotatable bonds is 3. The molecule has 120 valence electrons. The number of anilines is 1. The van der Waals surface area contributed by atoms with Gasteiger partial charge in [-0.2, -0.15) is 34.4 Å². The number of nitrogens with zero attached hydrogens (tertiary/aromatic N) is 4. The maximum absolute atomic E-state index is 12.8. The van der Waals surface area contributed by atoms with Crippen molar-refractivity contribution in [1.29, 1.82) is 0 Å². The van der Waals surface area contributed by atoms with Crippen molar-refractivity contribution in [2.45, 2.75) is 43.7 Å². The van der Waals surface area contributed by atoms with Crippen molar-refractivity contribution in [1.82, 2.24) is 19.6 Å². The second-order valence-electron chi connectivity index (χ2n) is 5.44. The lowest BCUT2D eigenvalue weighted by Crippen LogP contribution is -2.19. The number of nitrogens with one attached hydrogen (secondary N) is 1. The number of aromatic nitrogens is 4. The van der Waals surface area contributed by atoms with E-state index in [1.807, 2.05) is 11.8 Å². The summed E-state index contributed by atoms with van der Waals surface area (Å²) in [5.74, 6) is -0.687. The van der Waals surface area contributed by atoms with E-state index in [1.54, 1.807) is 13.0 Å². The normalized spacial score (nSPS) is 22.4. The highest BCUT2D eigenvalue weighted by atomic mass is 32.2. The Balaban J connectivity index is 1.93. The van der Waals surface area contributed by atoms with Gasteiger partial charge in [-0.25, -0.2) is 4.98 Å². The molecule has 2 unspecified atom stereocenters. The first kappa shape index (κ1) is 15.4. The number of halogens is 3. The highest BCUT2D eigenvalue weighted by molar-refractivity contribution is 7.99. The monoisotopic (exact) mass is 331 g/mol. The molecule has 0 aliphatic heterocycles. The summed E-state index contributed by atoms with van der Waals surface area (Å²) < 4.78 is 39.5. The van der Waals surface area contributed by atoms with Gasteiger partial charge in [-0.3, -0.25) is 0 Å². The largest absolute Gasteiger partial charge is 0.453 e. The molecular weight excluding hydrogens is 315 g/mol. The summed E-state index contributed by atoms with van der Waals surface area (Å²) in [6.07, 6.45) is 0.599. The Morgan fingerprint density at radius 1 is 1.32 bits per heavy atom. The van der Waals surface area contributed by atoms with Crippen molar-refractivity contribution in [3.05, 3.63) is 17.6 Å². The van der Waals surface area contributed by atoms with Crippen LogP contribution in [-0.2, 0) is 6.18 Å². The van der Waals surface area contributed by atoms with Crippen molar-refractivity contribution in [3.63, 3.8) is 0 Å². The van der Waals surface area contributed by atoms with Crippen molar-refractivity contribution in [2.24, 2.45) is 0 Å². The molecule has 9 heteroatoms. The number of alkyl halides is 3. The second-order valence-corrected chi connectivity index (χ2v) is 6.58. The average molecular weight is 331 g/mol. The maximum Gasteiger partial charge on any atom is 0.453 e. The second kappa shape index (κ2) is 5.60. The predicted octanol–water partition coefficient (Wildman–Crippen LogP) is 3.15. The number of hydrogen-bond acceptors (Lipinski definition) is 5. The smallest absolute Gasteiger partial charge is 0.367 e. The zero-order chi connectivity index (χ0) is 15.9. The molecule has 2 atom stereocenters. The first-order valence-corrected chi connectivity index (χ1v) is 8.26. The predicted molar refractivity (Wildman–Crippen MR) is 79.1 cm³/mol. The summed E-state index contributed by atoms with van der Waals surface area (Å²) in [6, 6.07) is 1.94. The molecule has 5 nitrogen and oxygen atoms in total. The van der Waals surface area contributed by atoms with Crippen LogP contribution in [0.3, 0.4) is 0 Å². The molecule has 0 amide bonds. The van der Waals surface area contributed by atoms with E-state index in [9.17, 15) is 13.2 Å². The molecule has 0 bridgehead atoms. The van der Waals surface area contributed by atoms with E-state index >= 15 is 0 Å². The van der Waals surface area contributed by atoms with Crippen LogP contribution in [0.2, 0.25) is 0 Å². The molecule has 3 rings (SSSR count). The van der Waals surface area contributed by atoms with Gasteiger partial charge in [0.25, 0.3) is 11.6 Å². The van der Waals surface area contributed by atoms with Crippen molar-refractivity contribution < 1.29 is 13.2 Å². The molecule has 1 N–H and O–H groups in total. The van der Waals surface area contributed by atoms with E-state index in [4.69, 9.17) is 0 Å². The van der Waals surface area contributed by atoms with Gasteiger partial charge in [-0.05, 0) is 32.4 Å². The van der Waals surface area contributed by atoms with Crippen LogP contribution in [-0.4, -0.2) is 37.1 Å². The van der Waals surface area contributed by atoms with Gasteiger partial charge in [0, 0.05) is 23.1 Å². The molecule has 0 radical (unpaired) electrons. The topological polar surface area (TPSA) is 55.1 Å². The fourth-order valence-corrected chi connectivity index (χ4v) is 3.50. The minimum atomic E-state index is -4.57. The summed E-state index contributed by atoms with van der Waals surface area (Å²) in [5.41, 5.74) is 0.607. The summed E-state index contributed by atoms with van der Waals surface area (Å²) >= 11 is 1.83. The highest BCUT2D eigenvalue weighted by Crippen LogP contribution is 2.31. The summed E-state index contributed by atoms with van der Waals surface area (Å²) in [6.45, 7) is 1.73. The Morgan fingerprint density at radius 3 is 2.73 bits per heavy atom. The molecule has 1 saturated carbocycles. The van der Waals surface area contributed by atoms with E-state index in [2.05, 4.69) is 26.6 Å². The molecular formula is C13H16F3N5S. The van der Waals surface area contributed by atoms with Gasteiger partial charge in [-0.15, -0.1) is 5.10 Å². The lowest BCUT2D eigenvalue weighted by molar-refractivity contribution is -0.144. The molecule has 22 heavy (non-hydrogen) atoms. The Labute approximate surface area is 129 Å². The van der Waals surface area contributed by atoms with Crippen LogP contribution in [0.15, 0.2) is 6.07 Å². The van der Waals surface area contributed by atoms with Gasteiger partial charge in [0.15, 0.2) is 0 Å². The van der Waals surface area contributed by atoms with Crippen molar-refractivity contribution >= 4 is 23.4 Å². The number of fused-ring (bicyclic) bond motifs is 1. The third-order valence-electron chi connectivity index (χ3n) is 3.76.